The van der Waals surface area contributed by atoms with E-state index in [4.69, 9.17) is 4.42 Å². The molecule has 10 nitrogen and oxygen atoms in total. The van der Waals surface area contributed by atoms with Gasteiger partial charge in [-0.05, 0) is 26.0 Å². The maximum absolute atomic E-state index is 11.9. The van der Waals surface area contributed by atoms with Crippen molar-refractivity contribution in [2.75, 3.05) is 0 Å². The van der Waals surface area contributed by atoms with Gasteiger partial charge in [0.1, 0.15) is 0 Å². The summed E-state index contributed by atoms with van der Waals surface area (Å²) in [6, 6.07) is 5.46. The minimum Gasteiger partial charge on any atom is -0.398 e. The molecule has 0 spiro atoms. The van der Waals surface area contributed by atoms with Crippen LogP contribution in [0.15, 0.2) is 33.5 Å². The van der Waals surface area contributed by atoms with E-state index < -0.39 is 21.2 Å². The molecule has 10 heteroatoms. The molecule has 24 heavy (non-hydrogen) atoms. The third kappa shape index (κ3) is 2.20. The topological polar surface area (TPSA) is 134 Å². The number of benzene rings is 1. The van der Waals surface area contributed by atoms with E-state index in [1.54, 1.807) is 6.92 Å². The van der Waals surface area contributed by atoms with E-state index in [0.29, 0.717) is 16.8 Å². The maximum Gasteiger partial charge on any atom is 0.416 e. The Morgan fingerprint density at radius 2 is 1.71 bits per heavy atom. The number of nitro benzene ring substituents is 1. The molecule has 0 saturated heterocycles. The van der Waals surface area contributed by atoms with Gasteiger partial charge in [0.2, 0.25) is 5.71 Å². The van der Waals surface area contributed by atoms with Crippen LogP contribution in [0.3, 0.4) is 0 Å². The molecule has 0 N–H and O–H groups in total. The summed E-state index contributed by atoms with van der Waals surface area (Å²) in [4.78, 5) is 32.3. The molecule has 0 unspecified atom stereocenters. The molecule has 122 valence electrons. The Hall–Kier alpha value is -3.56. The van der Waals surface area contributed by atoms with Gasteiger partial charge in [0, 0.05) is 17.7 Å². The lowest BCUT2D eigenvalue weighted by Crippen LogP contribution is -2.10. The first-order chi connectivity index (χ1) is 11.3. The van der Waals surface area contributed by atoms with Crippen molar-refractivity contribution in [3.63, 3.8) is 0 Å². The summed E-state index contributed by atoms with van der Waals surface area (Å²) in [6.07, 6.45) is 0. The first-order valence-corrected chi connectivity index (χ1v) is 6.73. The van der Waals surface area contributed by atoms with Crippen LogP contribution in [0.5, 0.6) is 0 Å². The van der Waals surface area contributed by atoms with Crippen LogP contribution in [0.25, 0.3) is 16.8 Å². The Balaban J connectivity index is 2.29. The zero-order valence-electron chi connectivity index (χ0n) is 12.5. The van der Waals surface area contributed by atoms with Crippen LogP contribution in [0.2, 0.25) is 0 Å². The molecule has 0 aliphatic rings. The predicted octanol–water partition coefficient (Wildman–Crippen LogP) is 2.41. The average Bonchev–Trinajstić information content (AvgIpc) is 2.83. The zero-order chi connectivity index (χ0) is 17.6. The SMILES string of the molecule is Cc1nn(-c2ccc([N+](=O)[O-])cc2)c2oc(=O)c([N+](=O)[O-])c(C)c12. The Kier molecular flexibility index (Phi) is 3.36. The van der Waals surface area contributed by atoms with Gasteiger partial charge in [0.25, 0.3) is 5.69 Å². The summed E-state index contributed by atoms with van der Waals surface area (Å²) in [5.41, 5.74) is -0.726. The molecule has 3 rings (SSSR count). The molecule has 3 aromatic rings. The van der Waals surface area contributed by atoms with Gasteiger partial charge >= 0.3 is 11.3 Å². The molecule has 2 aromatic heterocycles. The quantitative estimate of drug-likeness (QED) is 0.531. The van der Waals surface area contributed by atoms with Crippen molar-refractivity contribution in [1.29, 1.82) is 0 Å². The van der Waals surface area contributed by atoms with Crippen molar-refractivity contribution < 1.29 is 14.3 Å². The number of hydrogen-bond donors (Lipinski definition) is 0. The number of non-ortho nitro benzene ring substituents is 1. The fourth-order valence-electron chi connectivity index (χ4n) is 2.54. The van der Waals surface area contributed by atoms with Crippen LogP contribution < -0.4 is 5.63 Å². The van der Waals surface area contributed by atoms with Gasteiger partial charge in [-0.3, -0.25) is 20.2 Å². The monoisotopic (exact) mass is 330 g/mol. The standard InChI is InChI=1S/C14H10N4O6/c1-7-11-8(2)15-16(9-3-5-10(6-4-9)17(20)21)13(11)24-14(19)12(7)18(22)23/h3-6H,1-2H3. The lowest BCUT2D eigenvalue weighted by atomic mass is 10.1. The van der Waals surface area contributed by atoms with Gasteiger partial charge in [0.05, 0.1) is 26.6 Å². The second-order valence-electron chi connectivity index (χ2n) is 5.07. The van der Waals surface area contributed by atoms with Crippen molar-refractivity contribution in [3.05, 3.63) is 66.2 Å². The minimum absolute atomic E-state index is 0.0504. The maximum atomic E-state index is 11.9. The average molecular weight is 330 g/mol. The summed E-state index contributed by atoms with van der Waals surface area (Å²) in [5.74, 6) is 0. The van der Waals surface area contributed by atoms with E-state index in [1.165, 1.54) is 35.9 Å². The molecule has 0 atom stereocenters. The second-order valence-corrected chi connectivity index (χ2v) is 5.07. The van der Waals surface area contributed by atoms with Crippen LogP contribution in [-0.4, -0.2) is 19.6 Å². The smallest absolute Gasteiger partial charge is 0.398 e. The Morgan fingerprint density at radius 1 is 1.08 bits per heavy atom. The predicted molar refractivity (Wildman–Crippen MR) is 82.4 cm³/mol. The summed E-state index contributed by atoms with van der Waals surface area (Å²) in [5, 5.41) is 26.3. The number of aromatic nitrogens is 2. The number of fused-ring (bicyclic) bond motifs is 1. The van der Waals surface area contributed by atoms with Gasteiger partial charge in [0.15, 0.2) is 0 Å². The molecule has 0 saturated carbocycles. The molecular weight excluding hydrogens is 320 g/mol. The third-order valence-electron chi connectivity index (χ3n) is 3.62. The molecular formula is C14H10N4O6. The molecule has 2 heterocycles. The molecule has 0 bridgehead atoms. The fraction of sp³-hybridized carbons (Fsp3) is 0.143. The molecule has 0 fully saturated rings. The lowest BCUT2D eigenvalue weighted by Gasteiger charge is -2.02. The Labute approximate surface area is 133 Å². The highest BCUT2D eigenvalue weighted by Gasteiger charge is 2.26. The summed E-state index contributed by atoms with van der Waals surface area (Å²) >= 11 is 0. The van der Waals surface area contributed by atoms with E-state index in [9.17, 15) is 25.0 Å². The number of aryl methyl sites for hydroxylation is 2. The van der Waals surface area contributed by atoms with Crippen LogP contribution >= 0.6 is 0 Å². The Morgan fingerprint density at radius 3 is 2.25 bits per heavy atom. The number of nitrogens with zero attached hydrogens (tertiary/aromatic N) is 4. The van der Waals surface area contributed by atoms with E-state index in [0.717, 1.165) is 0 Å². The highest BCUT2D eigenvalue weighted by atomic mass is 16.6. The minimum atomic E-state index is -1.08. The number of hydrogen-bond acceptors (Lipinski definition) is 7. The van der Waals surface area contributed by atoms with Crippen molar-refractivity contribution >= 4 is 22.5 Å². The first kappa shape index (κ1) is 15.3. The van der Waals surface area contributed by atoms with E-state index in [-0.39, 0.29) is 17.0 Å². The van der Waals surface area contributed by atoms with Crippen LogP contribution in [-0.2, 0) is 0 Å². The second kappa shape index (κ2) is 5.26. The van der Waals surface area contributed by atoms with Crippen molar-refractivity contribution in [3.8, 4) is 5.69 Å². The van der Waals surface area contributed by atoms with Crippen LogP contribution in [0.1, 0.15) is 11.3 Å². The van der Waals surface area contributed by atoms with Crippen molar-refractivity contribution in [1.82, 2.24) is 9.78 Å². The van der Waals surface area contributed by atoms with Crippen LogP contribution in [0, 0.1) is 34.1 Å². The Bertz CT molecular complexity index is 1050. The van der Waals surface area contributed by atoms with Gasteiger partial charge < -0.3 is 4.42 Å². The zero-order valence-corrected chi connectivity index (χ0v) is 12.5. The molecule has 0 aliphatic carbocycles. The van der Waals surface area contributed by atoms with Gasteiger partial charge in [-0.2, -0.15) is 9.78 Å². The van der Waals surface area contributed by atoms with E-state index in [2.05, 4.69) is 5.10 Å². The first-order valence-electron chi connectivity index (χ1n) is 6.73. The van der Waals surface area contributed by atoms with Crippen molar-refractivity contribution in [2.24, 2.45) is 0 Å². The van der Waals surface area contributed by atoms with Gasteiger partial charge in [-0.25, -0.2) is 4.79 Å². The normalized spacial score (nSPS) is 10.9. The van der Waals surface area contributed by atoms with Crippen LogP contribution in [0.4, 0.5) is 11.4 Å². The summed E-state index contributed by atoms with van der Waals surface area (Å²) < 4.78 is 6.37. The fourth-order valence-corrected chi connectivity index (χ4v) is 2.54. The summed E-state index contributed by atoms with van der Waals surface area (Å²) in [6.45, 7) is 3.08. The molecule has 0 aliphatic heterocycles. The number of nitro groups is 2. The van der Waals surface area contributed by atoms with Gasteiger partial charge in [-0.1, -0.05) is 0 Å². The largest absolute Gasteiger partial charge is 0.416 e. The van der Waals surface area contributed by atoms with Crippen molar-refractivity contribution in [2.45, 2.75) is 13.8 Å². The third-order valence-corrected chi connectivity index (χ3v) is 3.62. The summed E-state index contributed by atoms with van der Waals surface area (Å²) in [7, 11) is 0. The highest BCUT2D eigenvalue weighted by molar-refractivity contribution is 5.84. The molecule has 0 radical (unpaired) electrons. The van der Waals surface area contributed by atoms with E-state index in [1.807, 2.05) is 0 Å². The highest BCUT2D eigenvalue weighted by Crippen LogP contribution is 2.28. The number of rotatable bonds is 3. The lowest BCUT2D eigenvalue weighted by molar-refractivity contribution is -0.387. The molecule has 1 aromatic carbocycles. The van der Waals surface area contributed by atoms with Gasteiger partial charge in [-0.15, -0.1) is 0 Å². The molecule has 0 amide bonds. The van der Waals surface area contributed by atoms with E-state index >= 15 is 0 Å².